The number of nitrogens with one attached hydrogen (secondary N) is 1. The maximum absolute atomic E-state index is 11.1. The minimum Gasteiger partial charge on any atom is -0.497 e. The van der Waals surface area contributed by atoms with Gasteiger partial charge in [0.15, 0.2) is 11.4 Å². The maximum Gasteiger partial charge on any atom is 0.270 e. The van der Waals surface area contributed by atoms with Gasteiger partial charge in [-0.15, -0.1) is 0 Å². The van der Waals surface area contributed by atoms with Crippen molar-refractivity contribution in [3.8, 4) is 23.2 Å². The Labute approximate surface area is 103 Å². The van der Waals surface area contributed by atoms with E-state index in [4.69, 9.17) is 15.7 Å². The van der Waals surface area contributed by atoms with Crippen molar-refractivity contribution in [2.24, 2.45) is 5.73 Å². The number of nitrogens with zero attached hydrogens (tertiary/aromatic N) is 2. The van der Waals surface area contributed by atoms with Gasteiger partial charge in [0.1, 0.15) is 17.6 Å². The molecule has 1 amide bonds. The third-order valence-electron chi connectivity index (χ3n) is 2.39. The predicted octanol–water partition coefficient (Wildman–Crippen LogP) is 1.06. The molecule has 0 fully saturated rings. The van der Waals surface area contributed by atoms with Crippen molar-refractivity contribution in [3.05, 3.63) is 35.7 Å². The number of methoxy groups -OCH3 is 1. The lowest BCUT2D eigenvalue weighted by molar-refractivity contribution is 0.0996. The van der Waals surface area contributed by atoms with Crippen LogP contribution >= 0.6 is 0 Å². The van der Waals surface area contributed by atoms with Crippen LogP contribution in [0.2, 0.25) is 0 Å². The van der Waals surface area contributed by atoms with E-state index in [2.05, 4.69) is 9.97 Å². The van der Waals surface area contributed by atoms with E-state index in [-0.39, 0.29) is 11.4 Å². The second kappa shape index (κ2) is 4.59. The second-order valence-electron chi connectivity index (χ2n) is 3.52. The Morgan fingerprint density at radius 3 is 2.89 bits per heavy atom. The average Bonchev–Trinajstić information content (AvgIpc) is 2.83. The van der Waals surface area contributed by atoms with Gasteiger partial charge in [-0.1, -0.05) is 12.1 Å². The number of H-pyrrole nitrogens is 1. The summed E-state index contributed by atoms with van der Waals surface area (Å²) in [5.41, 5.74) is 5.84. The van der Waals surface area contributed by atoms with E-state index in [1.807, 2.05) is 6.07 Å². The molecule has 1 aromatic heterocycles. The fraction of sp³-hybridized carbons (Fsp3) is 0.0833. The average molecular weight is 242 g/mol. The predicted molar refractivity (Wildman–Crippen MR) is 63.8 cm³/mol. The van der Waals surface area contributed by atoms with Crippen LogP contribution in [0.1, 0.15) is 16.2 Å². The molecule has 0 spiro atoms. The Bertz CT molecular complexity index is 640. The minimum atomic E-state index is -0.739. The third kappa shape index (κ3) is 2.01. The van der Waals surface area contributed by atoms with Crippen LogP contribution in [0.5, 0.6) is 5.75 Å². The van der Waals surface area contributed by atoms with Gasteiger partial charge in [0, 0.05) is 5.56 Å². The molecule has 3 N–H and O–H groups in total. The van der Waals surface area contributed by atoms with Crippen molar-refractivity contribution in [2.45, 2.75) is 0 Å². The fourth-order valence-electron chi connectivity index (χ4n) is 1.54. The van der Waals surface area contributed by atoms with Crippen LogP contribution in [0.25, 0.3) is 11.4 Å². The van der Waals surface area contributed by atoms with Gasteiger partial charge in [-0.05, 0) is 12.1 Å². The lowest BCUT2D eigenvalue weighted by Gasteiger charge is -2.01. The number of imidazole rings is 1. The molecule has 6 nitrogen and oxygen atoms in total. The van der Waals surface area contributed by atoms with E-state index in [1.165, 1.54) is 0 Å². The van der Waals surface area contributed by atoms with Crippen LogP contribution in [0.4, 0.5) is 0 Å². The lowest BCUT2D eigenvalue weighted by atomic mass is 10.2. The highest BCUT2D eigenvalue weighted by Crippen LogP contribution is 2.22. The number of aromatic nitrogens is 2. The number of rotatable bonds is 3. The van der Waals surface area contributed by atoms with Gasteiger partial charge in [-0.25, -0.2) is 4.98 Å². The summed E-state index contributed by atoms with van der Waals surface area (Å²) in [6.45, 7) is 0. The molecular weight excluding hydrogens is 232 g/mol. The quantitative estimate of drug-likeness (QED) is 0.839. The first-order valence-electron chi connectivity index (χ1n) is 5.10. The zero-order valence-electron chi connectivity index (χ0n) is 9.60. The first-order chi connectivity index (χ1) is 8.65. The molecule has 0 aliphatic rings. The molecule has 1 heterocycles. The molecule has 90 valence electrons. The molecule has 0 aliphatic heterocycles. The molecule has 0 saturated carbocycles. The van der Waals surface area contributed by atoms with Crippen LogP contribution < -0.4 is 10.5 Å². The molecule has 0 unspecified atom stereocenters. The summed E-state index contributed by atoms with van der Waals surface area (Å²) in [7, 11) is 1.55. The van der Waals surface area contributed by atoms with E-state index in [0.29, 0.717) is 17.1 Å². The standard InChI is InChI=1S/C12H10N4O2/c1-18-8-4-2-3-7(5-8)12-15-9(6-13)10(16-12)11(14)17/h2-5H,1H3,(H2,14,17)(H,15,16). The first kappa shape index (κ1) is 11.7. The van der Waals surface area contributed by atoms with Crippen LogP contribution in [0.3, 0.4) is 0 Å². The number of hydrogen-bond donors (Lipinski definition) is 2. The summed E-state index contributed by atoms with van der Waals surface area (Å²) < 4.78 is 5.09. The van der Waals surface area contributed by atoms with Gasteiger partial charge >= 0.3 is 0 Å². The Morgan fingerprint density at radius 2 is 2.33 bits per heavy atom. The lowest BCUT2D eigenvalue weighted by Crippen LogP contribution is -2.13. The summed E-state index contributed by atoms with van der Waals surface area (Å²) in [6.07, 6.45) is 0. The van der Waals surface area contributed by atoms with Gasteiger partial charge in [0.25, 0.3) is 5.91 Å². The summed E-state index contributed by atoms with van der Waals surface area (Å²) in [5, 5.41) is 8.87. The highest BCUT2D eigenvalue weighted by molar-refractivity contribution is 5.93. The van der Waals surface area contributed by atoms with Crippen LogP contribution in [-0.2, 0) is 0 Å². The van der Waals surface area contributed by atoms with E-state index in [0.717, 1.165) is 0 Å². The number of aromatic amines is 1. The summed E-state index contributed by atoms with van der Waals surface area (Å²) in [5.74, 6) is 0.319. The summed E-state index contributed by atoms with van der Waals surface area (Å²) in [4.78, 5) is 17.9. The molecule has 0 aliphatic carbocycles. The number of ether oxygens (including phenoxy) is 1. The van der Waals surface area contributed by atoms with Crippen molar-refractivity contribution < 1.29 is 9.53 Å². The molecule has 2 rings (SSSR count). The van der Waals surface area contributed by atoms with Gasteiger partial charge in [-0.2, -0.15) is 5.26 Å². The molecule has 6 heteroatoms. The van der Waals surface area contributed by atoms with E-state index in [9.17, 15) is 4.79 Å². The number of primary amides is 1. The summed E-state index contributed by atoms with van der Waals surface area (Å²) >= 11 is 0. The van der Waals surface area contributed by atoms with E-state index in [1.54, 1.807) is 31.4 Å². The second-order valence-corrected chi connectivity index (χ2v) is 3.52. The number of carbonyl (C=O) groups excluding carboxylic acids is 1. The minimum absolute atomic E-state index is 0.0559. The Kier molecular flexibility index (Phi) is 2.98. The van der Waals surface area contributed by atoms with E-state index >= 15 is 0 Å². The van der Waals surface area contributed by atoms with Gasteiger partial charge in [0.05, 0.1) is 7.11 Å². The number of benzene rings is 1. The fourth-order valence-corrected chi connectivity index (χ4v) is 1.54. The molecule has 0 atom stereocenters. The number of nitrogens with two attached hydrogens (primary N) is 1. The first-order valence-corrected chi connectivity index (χ1v) is 5.10. The van der Waals surface area contributed by atoms with Gasteiger partial charge in [-0.3, -0.25) is 4.79 Å². The normalized spacial score (nSPS) is 9.78. The molecule has 18 heavy (non-hydrogen) atoms. The summed E-state index contributed by atoms with van der Waals surface area (Å²) in [6, 6.07) is 8.94. The Balaban J connectivity index is 2.51. The Morgan fingerprint density at radius 1 is 1.56 bits per heavy atom. The number of hydrogen-bond acceptors (Lipinski definition) is 4. The number of nitriles is 1. The van der Waals surface area contributed by atoms with Crippen LogP contribution in [0, 0.1) is 11.3 Å². The molecule has 0 bridgehead atoms. The number of carbonyl (C=O) groups is 1. The molecule has 0 saturated heterocycles. The third-order valence-corrected chi connectivity index (χ3v) is 2.39. The zero-order valence-corrected chi connectivity index (χ0v) is 9.60. The monoisotopic (exact) mass is 242 g/mol. The SMILES string of the molecule is COc1cccc(-c2nc(C(N)=O)c(C#N)[nH]2)c1. The van der Waals surface area contributed by atoms with Crippen molar-refractivity contribution in [1.29, 1.82) is 5.26 Å². The van der Waals surface area contributed by atoms with Crippen molar-refractivity contribution >= 4 is 5.91 Å². The largest absolute Gasteiger partial charge is 0.497 e. The molecule has 2 aromatic rings. The maximum atomic E-state index is 11.1. The molecular formula is C12H10N4O2. The topological polar surface area (TPSA) is 105 Å². The van der Waals surface area contributed by atoms with Crippen molar-refractivity contribution in [3.63, 3.8) is 0 Å². The Hall–Kier alpha value is -2.81. The number of amides is 1. The van der Waals surface area contributed by atoms with Gasteiger partial charge in [0.2, 0.25) is 0 Å². The smallest absolute Gasteiger partial charge is 0.270 e. The molecule has 0 radical (unpaired) electrons. The van der Waals surface area contributed by atoms with Crippen molar-refractivity contribution in [2.75, 3.05) is 7.11 Å². The van der Waals surface area contributed by atoms with Gasteiger partial charge < -0.3 is 15.5 Å². The highest BCUT2D eigenvalue weighted by Gasteiger charge is 2.15. The van der Waals surface area contributed by atoms with Crippen LogP contribution in [0.15, 0.2) is 24.3 Å². The van der Waals surface area contributed by atoms with Crippen molar-refractivity contribution in [1.82, 2.24) is 9.97 Å². The zero-order chi connectivity index (χ0) is 13.1. The van der Waals surface area contributed by atoms with E-state index < -0.39 is 5.91 Å². The molecule has 1 aromatic carbocycles. The van der Waals surface area contributed by atoms with Crippen LogP contribution in [-0.4, -0.2) is 23.0 Å². The highest BCUT2D eigenvalue weighted by atomic mass is 16.5.